The van der Waals surface area contributed by atoms with Gasteiger partial charge in [0.1, 0.15) is 16.9 Å². The van der Waals surface area contributed by atoms with Crippen LogP contribution in [-0.2, 0) is 6.54 Å². The minimum Gasteiger partial charge on any atom is -0.354 e. The lowest BCUT2D eigenvalue weighted by molar-refractivity contribution is 0.249. The predicted molar refractivity (Wildman–Crippen MR) is 88.3 cm³/mol. The van der Waals surface area contributed by atoms with E-state index in [1.807, 2.05) is 24.4 Å². The van der Waals surface area contributed by atoms with E-state index >= 15 is 0 Å². The Morgan fingerprint density at radius 1 is 1.04 bits per heavy atom. The van der Waals surface area contributed by atoms with Gasteiger partial charge in [0.2, 0.25) is 0 Å². The Bertz CT molecular complexity index is 807. The van der Waals surface area contributed by atoms with Crippen LogP contribution in [0.3, 0.4) is 0 Å². The van der Waals surface area contributed by atoms with Crippen LogP contribution in [0.2, 0.25) is 0 Å². The number of benzene rings is 1. The maximum Gasteiger partial charge on any atom is 0.139 e. The summed E-state index contributed by atoms with van der Waals surface area (Å²) in [6, 6.07) is 10.1. The standard InChI is InChI=1S/C17H19N5O/c1-13-4-3-7-18-17(13)22-10-8-21(9-11-22)12-14-5-2-6-15-16(14)20-23-19-15/h2-7H,8-12H2,1H3. The van der Waals surface area contributed by atoms with Crippen molar-refractivity contribution in [3.05, 3.63) is 47.7 Å². The Morgan fingerprint density at radius 3 is 2.74 bits per heavy atom. The third-order valence-electron chi connectivity index (χ3n) is 4.42. The third kappa shape index (κ3) is 2.77. The largest absolute Gasteiger partial charge is 0.354 e. The molecule has 1 saturated heterocycles. The molecule has 1 aromatic carbocycles. The molecular formula is C17H19N5O. The second-order valence-electron chi connectivity index (χ2n) is 5.96. The summed E-state index contributed by atoms with van der Waals surface area (Å²) in [5.41, 5.74) is 4.10. The number of pyridine rings is 1. The van der Waals surface area contributed by atoms with Crippen molar-refractivity contribution < 1.29 is 4.63 Å². The van der Waals surface area contributed by atoms with Crippen molar-refractivity contribution in [2.45, 2.75) is 13.5 Å². The molecule has 0 unspecified atom stereocenters. The fourth-order valence-corrected chi connectivity index (χ4v) is 3.16. The van der Waals surface area contributed by atoms with E-state index in [4.69, 9.17) is 4.63 Å². The van der Waals surface area contributed by atoms with Gasteiger partial charge in [0.25, 0.3) is 0 Å². The zero-order chi connectivity index (χ0) is 15.6. The van der Waals surface area contributed by atoms with Gasteiger partial charge in [0.15, 0.2) is 0 Å². The van der Waals surface area contributed by atoms with Crippen LogP contribution in [0.15, 0.2) is 41.2 Å². The zero-order valence-corrected chi connectivity index (χ0v) is 13.1. The molecule has 6 heteroatoms. The molecule has 0 N–H and O–H groups in total. The number of aromatic nitrogens is 3. The molecule has 0 radical (unpaired) electrons. The van der Waals surface area contributed by atoms with Gasteiger partial charge >= 0.3 is 0 Å². The Balaban J connectivity index is 1.44. The van der Waals surface area contributed by atoms with Crippen molar-refractivity contribution in [2.24, 2.45) is 0 Å². The van der Waals surface area contributed by atoms with Gasteiger partial charge in [-0.3, -0.25) is 4.90 Å². The summed E-state index contributed by atoms with van der Waals surface area (Å²) in [5.74, 6) is 1.11. The lowest BCUT2D eigenvalue weighted by atomic mass is 10.1. The number of anilines is 1. The second kappa shape index (κ2) is 5.96. The van der Waals surface area contributed by atoms with Crippen molar-refractivity contribution in [3.63, 3.8) is 0 Å². The second-order valence-corrected chi connectivity index (χ2v) is 5.96. The SMILES string of the molecule is Cc1cccnc1N1CCN(Cc2cccc3nonc23)CC1. The molecule has 4 rings (SSSR count). The van der Waals surface area contributed by atoms with E-state index in [0.29, 0.717) is 0 Å². The van der Waals surface area contributed by atoms with E-state index in [2.05, 4.69) is 44.2 Å². The number of piperazine rings is 1. The number of rotatable bonds is 3. The summed E-state index contributed by atoms with van der Waals surface area (Å²) < 4.78 is 4.85. The van der Waals surface area contributed by atoms with E-state index in [1.165, 1.54) is 11.1 Å². The average molecular weight is 309 g/mol. The van der Waals surface area contributed by atoms with Crippen LogP contribution in [0.4, 0.5) is 5.82 Å². The molecule has 3 heterocycles. The van der Waals surface area contributed by atoms with Crippen LogP contribution in [0.1, 0.15) is 11.1 Å². The minimum atomic E-state index is 0.824. The first-order chi connectivity index (χ1) is 11.3. The summed E-state index contributed by atoms with van der Waals surface area (Å²) >= 11 is 0. The van der Waals surface area contributed by atoms with Crippen molar-refractivity contribution in [1.29, 1.82) is 0 Å². The smallest absolute Gasteiger partial charge is 0.139 e. The maximum atomic E-state index is 4.85. The highest BCUT2D eigenvalue weighted by molar-refractivity contribution is 5.76. The lowest BCUT2D eigenvalue weighted by Crippen LogP contribution is -2.46. The molecule has 6 nitrogen and oxygen atoms in total. The highest BCUT2D eigenvalue weighted by atomic mass is 16.6. The molecule has 0 amide bonds. The summed E-state index contributed by atoms with van der Waals surface area (Å²) in [7, 11) is 0. The average Bonchev–Trinajstić information content (AvgIpc) is 3.06. The Kier molecular flexibility index (Phi) is 3.67. The van der Waals surface area contributed by atoms with Crippen LogP contribution in [0, 0.1) is 6.92 Å². The van der Waals surface area contributed by atoms with E-state index in [9.17, 15) is 0 Å². The van der Waals surface area contributed by atoms with Crippen molar-refractivity contribution in [3.8, 4) is 0 Å². The summed E-state index contributed by atoms with van der Waals surface area (Å²) in [6.45, 7) is 7.00. The molecule has 1 fully saturated rings. The monoisotopic (exact) mass is 309 g/mol. The van der Waals surface area contributed by atoms with Gasteiger partial charge in [-0.2, -0.15) is 0 Å². The normalized spacial score (nSPS) is 16.1. The summed E-state index contributed by atoms with van der Waals surface area (Å²) in [6.07, 6.45) is 1.87. The van der Waals surface area contributed by atoms with Gasteiger partial charge in [0.05, 0.1) is 0 Å². The van der Waals surface area contributed by atoms with Gasteiger partial charge in [-0.05, 0) is 40.5 Å². The highest BCUT2D eigenvalue weighted by Gasteiger charge is 2.20. The molecule has 0 bridgehead atoms. The van der Waals surface area contributed by atoms with E-state index in [0.717, 1.165) is 49.6 Å². The van der Waals surface area contributed by atoms with Crippen LogP contribution in [0.25, 0.3) is 11.0 Å². The van der Waals surface area contributed by atoms with Crippen molar-refractivity contribution in [1.82, 2.24) is 20.2 Å². The molecule has 0 spiro atoms. The highest BCUT2D eigenvalue weighted by Crippen LogP contribution is 2.20. The number of hydrogen-bond donors (Lipinski definition) is 0. The van der Waals surface area contributed by atoms with Gasteiger partial charge < -0.3 is 4.90 Å². The maximum absolute atomic E-state index is 4.85. The fourth-order valence-electron chi connectivity index (χ4n) is 3.16. The minimum absolute atomic E-state index is 0.824. The number of hydrogen-bond acceptors (Lipinski definition) is 6. The molecular weight excluding hydrogens is 290 g/mol. The lowest BCUT2D eigenvalue weighted by Gasteiger charge is -2.36. The molecule has 0 saturated carbocycles. The Labute approximate surface area is 134 Å². The molecule has 118 valence electrons. The van der Waals surface area contributed by atoms with E-state index in [-0.39, 0.29) is 0 Å². The van der Waals surface area contributed by atoms with Gasteiger partial charge in [-0.25, -0.2) is 9.61 Å². The molecule has 1 aliphatic rings. The van der Waals surface area contributed by atoms with Gasteiger partial charge in [-0.1, -0.05) is 18.2 Å². The number of nitrogens with zero attached hydrogens (tertiary/aromatic N) is 5. The molecule has 0 aliphatic carbocycles. The first-order valence-corrected chi connectivity index (χ1v) is 7.90. The topological polar surface area (TPSA) is 58.3 Å². The Hall–Kier alpha value is -2.47. The molecule has 23 heavy (non-hydrogen) atoms. The van der Waals surface area contributed by atoms with Gasteiger partial charge in [-0.15, -0.1) is 0 Å². The van der Waals surface area contributed by atoms with E-state index in [1.54, 1.807) is 0 Å². The molecule has 1 aliphatic heterocycles. The molecule has 3 aromatic rings. The first-order valence-electron chi connectivity index (χ1n) is 7.90. The summed E-state index contributed by atoms with van der Waals surface area (Å²) in [4.78, 5) is 9.33. The number of fused-ring (bicyclic) bond motifs is 1. The predicted octanol–water partition coefficient (Wildman–Crippen LogP) is 2.25. The van der Waals surface area contributed by atoms with E-state index < -0.39 is 0 Å². The fraction of sp³-hybridized carbons (Fsp3) is 0.353. The quantitative estimate of drug-likeness (QED) is 0.739. The van der Waals surface area contributed by atoms with Crippen LogP contribution in [0.5, 0.6) is 0 Å². The van der Waals surface area contributed by atoms with Crippen LogP contribution >= 0.6 is 0 Å². The van der Waals surface area contributed by atoms with Crippen molar-refractivity contribution in [2.75, 3.05) is 31.1 Å². The van der Waals surface area contributed by atoms with Gasteiger partial charge in [0, 0.05) is 38.9 Å². The summed E-state index contributed by atoms with van der Waals surface area (Å²) in [5, 5.41) is 7.94. The van der Waals surface area contributed by atoms with Crippen molar-refractivity contribution >= 4 is 16.9 Å². The van der Waals surface area contributed by atoms with Crippen LogP contribution in [-0.4, -0.2) is 46.4 Å². The third-order valence-corrected chi connectivity index (χ3v) is 4.42. The Morgan fingerprint density at radius 2 is 1.91 bits per heavy atom. The van der Waals surface area contributed by atoms with Crippen LogP contribution < -0.4 is 4.90 Å². The molecule has 2 aromatic heterocycles. The first kappa shape index (κ1) is 14.1. The zero-order valence-electron chi connectivity index (χ0n) is 13.1. The number of aryl methyl sites for hydroxylation is 1. The molecule has 0 atom stereocenters.